The molecule has 31 heavy (non-hydrogen) atoms. The molecular formula is C23H28N6O2. The van der Waals surface area contributed by atoms with Crippen molar-refractivity contribution in [2.45, 2.75) is 25.9 Å². The third kappa shape index (κ3) is 6.08. The highest BCUT2D eigenvalue weighted by Crippen LogP contribution is 2.17. The Hall–Kier alpha value is -3.81. The van der Waals surface area contributed by atoms with Crippen LogP contribution in [-0.2, 0) is 4.79 Å². The summed E-state index contributed by atoms with van der Waals surface area (Å²) in [7, 11) is 2.00. The molecule has 1 heterocycles. The molecule has 0 aliphatic heterocycles. The molecule has 0 spiro atoms. The number of aromatic nitrogens is 2. The lowest BCUT2D eigenvalue weighted by Crippen LogP contribution is -2.41. The molecule has 0 unspecified atom stereocenters. The molecule has 2 aromatic carbocycles. The fourth-order valence-corrected chi connectivity index (χ4v) is 3.02. The Morgan fingerprint density at radius 2 is 1.71 bits per heavy atom. The minimum absolute atomic E-state index is 0.113. The first-order valence-corrected chi connectivity index (χ1v) is 10.2. The smallest absolute Gasteiger partial charge is 0.319 e. The van der Waals surface area contributed by atoms with Gasteiger partial charge < -0.3 is 20.9 Å². The Kier molecular flexibility index (Phi) is 7.26. The zero-order chi connectivity index (χ0) is 22.2. The van der Waals surface area contributed by atoms with Crippen LogP contribution in [0.2, 0.25) is 0 Å². The molecule has 8 heteroatoms. The topological polar surface area (TPSA) is 91.3 Å². The Morgan fingerprint density at radius 1 is 1.00 bits per heavy atom. The van der Waals surface area contributed by atoms with E-state index in [4.69, 9.17) is 0 Å². The van der Waals surface area contributed by atoms with Gasteiger partial charge in [-0.2, -0.15) is 5.10 Å². The summed E-state index contributed by atoms with van der Waals surface area (Å²) in [5.74, 6) is -0.192. The summed E-state index contributed by atoms with van der Waals surface area (Å²) >= 11 is 0. The lowest BCUT2D eigenvalue weighted by molar-refractivity contribution is -0.119. The van der Waals surface area contributed by atoms with Crippen LogP contribution in [0, 0.1) is 0 Å². The summed E-state index contributed by atoms with van der Waals surface area (Å²) in [6, 6.07) is 18.2. The van der Waals surface area contributed by atoms with Gasteiger partial charge in [0, 0.05) is 49.1 Å². The molecule has 0 bridgehead atoms. The first kappa shape index (κ1) is 21.9. The summed E-state index contributed by atoms with van der Waals surface area (Å²) < 4.78 is 1.58. The van der Waals surface area contributed by atoms with Gasteiger partial charge in [-0.05, 0) is 50.2 Å². The second kappa shape index (κ2) is 10.3. The minimum atomic E-state index is -0.446. The third-order valence-electron chi connectivity index (χ3n) is 5.07. The van der Waals surface area contributed by atoms with E-state index in [2.05, 4.69) is 25.9 Å². The monoisotopic (exact) mass is 420 g/mol. The van der Waals surface area contributed by atoms with E-state index in [0.29, 0.717) is 17.9 Å². The van der Waals surface area contributed by atoms with Crippen molar-refractivity contribution in [1.82, 2.24) is 15.1 Å². The van der Waals surface area contributed by atoms with E-state index in [0.717, 1.165) is 5.69 Å². The second-order valence-corrected chi connectivity index (χ2v) is 7.36. The maximum Gasteiger partial charge on any atom is 0.319 e. The molecule has 2 atom stereocenters. The van der Waals surface area contributed by atoms with Crippen molar-refractivity contribution in [1.29, 1.82) is 0 Å². The fourth-order valence-electron chi connectivity index (χ4n) is 3.02. The number of amides is 3. The number of rotatable bonds is 8. The highest BCUT2D eigenvalue weighted by atomic mass is 16.2. The lowest BCUT2D eigenvalue weighted by atomic mass is 10.2. The van der Waals surface area contributed by atoms with E-state index in [1.807, 2.05) is 44.3 Å². The van der Waals surface area contributed by atoms with Gasteiger partial charge in [0.2, 0.25) is 5.91 Å². The molecule has 0 saturated carbocycles. The summed E-state index contributed by atoms with van der Waals surface area (Å²) in [5.41, 5.74) is 2.27. The van der Waals surface area contributed by atoms with Crippen LogP contribution in [0.25, 0.3) is 0 Å². The highest BCUT2D eigenvalue weighted by Gasteiger charge is 2.15. The van der Waals surface area contributed by atoms with Crippen LogP contribution in [0.5, 0.6) is 0 Å². The average molecular weight is 421 g/mol. The first-order chi connectivity index (χ1) is 14.9. The first-order valence-electron chi connectivity index (χ1n) is 10.2. The maximum absolute atomic E-state index is 12.4. The Bertz CT molecular complexity index is 990. The second-order valence-electron chi connectivity index (χ2n) is 7.36. The largest absolute Gasteiger partial charge is 0.370 e. The van der Waals surface area contributed by atoms with Gasteiger partial charge in [0.1, 0.15) is 6.04 Å². The quantitative estimate of drug-likeness (QED) is 0.518. The van der Waals surface area contributed by atoms with E-state index < -0.39 is 6.04 Å². The SMILES string of the molecule is C[C@@H](CNC(=O)Nc1cccc(NC(=O)[C@H](C)n2cccn2)c1)N(C)c1ccccc1. The number of para-hydroxylation sites is 1. The molecule has 0 radical (unpaired) electrons. The Labute approximate surface area is 182 Å². The van der Waals surface area contributed by atoms with Crippen LogP contribution in [0.1, 0.15) is 19.9 Å². The molecule has 3 amide bonds. The molecule has 3 N–H and O–H groups in total. The average Bonchev–Trinajstić information content (AvgIpc) is 3.32. The van der Waals surface area contributed by atoms with E-state index in [-0.39, 0.29) is 18.0 Å². The Morgan fingerprint density at radius 3 is 2.39 bits per heavy atom. The molecule has 1 aromatic heterocycles. The summed E-state index contributed by atoms with van der Waals surface area (Å²) in [6.07, 6.45) is 3.37. The van der Waals surface area contributed by atoms with Crippen LogP contribution in [0.3, 0.4) is 0 Å². The summed E-state index contributed by atoms with van der Waals surface area (Å²) in [6.45, 7) is 4.30. The zero-order valence-electron chi connectivity index (χ0n) is 17.9. The molecule has 0 aliphatic rings. The van der Waals surface area contributed by atoms with Gasteiger partial charge in [-0.3, -0.25) is 9.48 Å². The number of hydrogen-bond donors (Lipinski definition) is 3. The van der Waals surface area contributed by atoms with Crippen molar-refractivity contribution in [3.8, 4) is 0 Å². The molecule has 162 valence electrons. The van der Waals surface area contributed by atoms with Gasteiger partial charge in [0.15, 0.2) is 0 Å². The summed E-state index contributed by atoms with van der Waals surface area (Å²) in [4.78, 5) is 26.9. The number of carbonyl (C=O) groups is 2. The van der Waals surface area contributed by atoms with Crippen LogP contribution in [0.4, 0.5) is 21.9 Å². The van der Waals surface area contributed by atoms with Crippen molar-refractivity contribution < 1.29 is 9.59 Å². The van der Waals surface area contributed by atoms with E-state index >= 15 is 0 Å². The minimum Gasteiger partial charge on any atom is -0.370 e. The van der Waals surface area contributed by atoms with Gasteiger partial charge >= 0.3 is 6.03 Å². The fraction of sp³-hybridized carbons (Fsp3) is 0.261. The standard InChI is InChI=1S/C23H28N6O2/c1-17(28(3)21-11-5-4-6-12-21)16-24-23(31)27-20-10-7-9-19(15-20)26-22(30)18(2)29-14-8-13-25-29/h4-15,17-18H,16H2,1-3H3,(H,26,30)(H2,24,27,31)/t17-,18-/m0/s1. The van der Waals surface area contributed by atoms with Crippen molar-refractivity contribution in [2.75, 3.05) is 29.1 Å². The van der Waals surface area contributed by atoms with E-state index in [1.54, 1.807) is 54.3 Å². The van der Waals surface area contributed by atoms with Gasteiger partial charge in [-0.15, -0.1) is 0 Å². The van der Waals surface area contributed by atoms with Crippen molar-refractivity contribution in [2.24, 2.45) is 0 Å². The predicted octanol–water partition coefficient (Wildman–Crippen LogP) is 3.73. The zero-order valence-corrected chi connectivity index (χ0v) is 17.9. The number of benzene rings is 2. The third-order valence-corrected chi connectivity index (χ3v) is 5.07. The number of nitrogens with zero attached hydrogens (tertiary/aromatic N) is 3. The number of hydrogen-bond acceptors (Lipinski definition) is 4. The normalized spacial score (nSPS) is 12.5. The number of anilines is 3. The number of urea groups is 1. The van der Waals surface area contributed by atoms with Crippen LogP contribution < -0.4 is 20.9 Å². The molecule has 3 rings (SSSR count). The van der Waals surface area contributed by atoms with Crippen molar-refractivity contribution in [3.05, 3.63) is 73.1 Å². The van der Waals surface area contributed by atoms with Crippen molar-refractivity contribution in [3.63, 3.8) is 0 Å². The van der Waals surface area contributed by atoms with Crippen LogP contribution in [0.15, 0.2) is 73.1 Å². The van der Waals surface area contributed by atoms with Crippen LogP contribution >= 0.6 is 0 Å². The highest BCUT2D eigenvalue weighted by molar-refractivity contribution is 5.95. The number of carbonyl (C=O) groups excluding carboxylic acids is 2. The molecular weight excluding hydrogens is 392 g/mol. The molecule has 0 aliphatic carbocycles. The summed E-state index contributed by atoms with van der Waals surface area (Å²) in [5, 5.41) is 12.6. The molecule has 0 saturated heterocycles. The maximum atomic E-state index is 12.4. The number of likely N-dealkylation sites (N-methyl/N-ethyl adjacent to an activating group) is 1. The van der Waals surface area contributed by atoms with Gasteiger partial charge in [0.25, 0.3) is 0 Å². The van der Waals surface area contributed by atoms with Crippen molar-refractivity contribution >= 4 is 29.0 Å². The number of nitrogens with one attached hydrogen (secondary N) is 3. The van der Waals surface area contributed by atoms with Gasteiger partial charge in [-0.1, -0.05) is 24.3 Å². The predicted molar refractivity (Wildman–Crippen MR) is 123 cm³/mol. The van der Waals surface area contributed by atoms with Gasteiger partial charge in [0.05, 0.1) is 0 Å². The lowest BCUT2D eigenvalue weighted by Gasteiger charge is -2.27. The Balaban J connectivity index is 1.50. The van der Waals surface area contributed by atoms with Gasteiger partial charge in [-0.25, -0.2) is 4.79 Å². The molecule has 3 aromatic rings. The molecule has 0 fully saturated rings. The molecule has 8 nitrogen and oxygen atoms in total. The van der Waals surface area contributed by atoms with E-state index in [1.165, 1.54) is 0 Å². The van der Waals surface area contributed by atoms with Crippen LogP contribution in [-0.4, -0.2) is 41.4 Å². The van der Waals surface area contributed by atoms with E-state index in [9.17, 15) is 9.59 Å².